The van der Waals surface area contributed by atoms with Crippen LogP contribution in [-0.2, 0) is 4.79 Å². The molecule has 14 heavy (non-hydrogen) atoms. The predicted octanol–water partition coefficient (Wildman–Crippen LogP) is 1.30. The van der Waals surface area contributed by atoms with Gasteiger partial charge in [-0.05, 0) is 26.8 Å². The highest BCUT2D eigenvalue weighted by Crippen LogP contribution is 2.08. The summed E-state index contributed by atoms with van der Waals surface area (Å²) >= 11 is 0. The van der Waals surface area contributed by atoms with Gasteiger partial charge in [-0.25, -0.2) is 0 Å². The minimum absolute atomic E-state index is 0.0699. The number of hydrogen-bond acceptors (Lipinski definition) is 3. The number of aryl methyl sites for hydroxylation is 1. The van der Waals surface area contributed by atoms with Crippen molar-refractivity contribution in [1.82, 2.24) is 5.32 Å². The quantitative estimate of drug-likeness (QED) is 0.790. The maximum absolute atomic E-state index is 11.5. The Morgan fingerprint density at radius 3 is 2.57 bits per heavy atom. The van der Waals surface area contributed by atoms with E-state index in [9.17, 15) is 9.59 Å². The Balaban J connectivity index is 2.69. The number of nitrogens with one attached hydrogen (secondary N) is 1. The fourth-order valence-corrected chi connectivity index (χ4v) is 0.997. The summed E-state index contributed by atoms with van der Waals surface area (Å²) in [5, 5.41) is 2.57. The van der Waals surface area contributed by atoms with Gasteiger partial charge in [-0.2, -0.15) is 0 Å². The van der Waals surface area contributed by atoms with Gasteiger partial charge >= 0.3 is 0 Å². The average molecular weight is 195 g/mol. The molecule has 1 heterocycles. The van der Waals surface area contributed by atoms with Crippen LogP contribution in [0.5, 0.6) is 0 Å². The monoisotopic (exact) mass is 195 g/mol. The van der Waals surface area contributed by atoms with Crippen LogP contribution in [0.3, 0.4) is 0 Å². The molecule has 1 aromatic rings. The smallest absolute Gasteiger partial charge is 0.255 e. The van der Waals surface area contributed by atoms with E-state index in [1.165, 1.54) is 13.2 Å². The zero-order chi connectivity index (χ0) is 10.7. The first kappa shape index (κ1) is 10.5. The molecule has 0 aromatic carbocycles. The van der Waals surface area contributed by atoms with Crippen molar-refractivity contribution in [2.45, 2.75) is 26.8 Å². The van der Waals surface area contributed by atoms with E-state index in [4.69, 9.17) is 4.42 Å². The molecular formula is C10H13NO3. The lowest BCUT2D eigenvalue weighted by atomic mass is 10.2. The van der Waals surface area contributed by atoms with Crippen LogP contribution in [0.4, 0.5) is 0 Å². The van der Waals surface area contributed by atoms with Gasteiger partial charge in [0.15, 0.2) is 5.78 Å². The van der Waals surface area contributed by atoms with E-state index >= 15 is 0 Å². The number of amides is 1. The molecule has 1 amide bonds. The summed E-state index contributed by atoms with van der Waals surface area (Å²) in [4.78, 5) is 22.4. The molecule has 1 unspecified atom stereocenters. The molecule has 1 aromatic heterocycles. The van der Waals surface area contributed by atoms with Crippen LogP contribution < -0.4 is 5.32 Å². The number of hydrogen-bond donors (Lipinski definition) is 1. The van der Waals surface area contributed by atoms with Crippen LogP contribution in [0, 0.1) is 6.92 Å². The Hall–Kier alpha value is -1.58. The van der Waals surface area contributed by atoms with Gasteiger partial charge in [-0.3, -0.25) is 9.59 Å². The van der Waals surface area contributed by atoms with Gasteiger partial charge in [0.2, 0.25) is 0 Å². The highest BCUT2D eigenvalue weighted by atomic mass is 16.3. The highest BCUT2D eigenvalue weighted by molar-refractivity contribution is 5.98. The molecular weight excluding hydrogens is 182 g/mol. The van der Waals surface area contributed by atoms with E-state index in [0.29, 0.717) is 11.3 Å². The van der Waals surface area contributed by atoms with Crippen molar-refractivity contribution in [2.24, 2.45) is 0 Å². The lowest BCUT2D eigenvalue weighted by Gasteiger charge is -2.09. The summed E-state index contributed by atoms with van der Waals surface area (Å²) in [6, 6.07) is 1.12. The summed E-state index contributed by atoms with van der Waals surface area (Å²) in [6.45, 7) is 4.79. The Labute approximate surface area is 82.3 Å². The van der Waals surface area contributed by atoms with Crippen molar-refractivity contribution in [2.75, 3.05) is 0 Å². The molecule has 1 rings (SSSR count). The van der Waals surface area contributed by atoms with E-state index < -0.39 is 6.04 Å². The van der Waals surface area contributed by atoms with Crippen molar-refractivity contribution in [1.29, 1.82) is 0 Å². The fraction of sp³-hybridized carbons (Fsp3) is 0.400. The van der Waals surface area contributed by atoms with Gasteiger partial charge < -0.3 is 9.73 Å². The Morgan fingerprint density at radius 1 is 1.50 bits per heavy atom. The third-order valence-corrected chi connectivity index (χ3v) is 2.06. The Bertz CT molecular complexity index is 354. The first-order valence-electron chi connectivity index (χ1n) is 4.37. The lowest BCUT2D eigenvalue weighted by Crippen LogP contribution is -2.37. The molecule has 0 saturated carbocycles. The summed E-state index contributed by atoms with van der Waals surface area (Å²) in [5.74, 6) is 0.205. The van der Waals surface area contributed by atoms with E-state index in [1.807, 2.05) is 0 Å². The number of carbonyl (C=O) groups is 2. The maximum atomic E-state index is 11.5. The number of ketones is 1. The first-order chi connectivity index (χ1) is 6.52. The van der Waals surface area contributed by atoms with Crippen LogP contribution >= 0.6 is 0 Å². The fourth-order valence-electron chi connectivity index (χ4n) is 0.997. The van der Waals surface area contributed by atoms with Gasteiger partial charge in [-0.1, -0.05) is 0 Å². The zero-order valence-electron chi connectivity index (χ0n) is 8.46. The molecule has 0 aliphatic heterocycles. The average Bonchev–Trinajstić information content (AvgIpc) is 2.51. The Morgan fingerprint density at radius 2 is 2.14 bits per heavy atom. The SMILES string of the molecule is CC(=O)C(C)NC(=O)c1ccoc1C. The minimum atomic E-state index is -0.461. The van der Waals surface area contributed by atoms with E-state index in [2.05, 4.69) is 5.32 Å². The van der Waals surface area contributed by atoms with Gasteiger partial charge in [0.1, 0.15) is 5.76 Å². The van der Waals surface area contributed by atoms with Crippen LogP contribution in [0.25, 0.3) is 0 Å². The van der Waals surface area contributed by atoms with Crippen molar-refractivity contribution in [3.63, 3.8) is 0 Å². The van der Waals surface area contributed by atoms with Gasteiger partial charge in [0.25, 0.3) is 5.91 Å². The summed E-state index contributed by atoms with van der Waals surface area (Å²) in [7, 11) is 0. The largest absolute Gasteiger partial charge is 0.469 e. The van der Waals surface area contributed by atoms with Gasteiger partial charge in [0.05, 0.1) is 17.9 Å². The molecule has 1 N–H and O–H groups in total. The molecule has 4 heteroatoms. The molecule has 0 fully saturated rings. The van der Waals surface area contributed by atoms with Crippen molar-refractivity contribution in [3.8, 4) is 0 Å². The molecule has 0 aliphatic carbocycles. The molecule has 76 valence electrons. The predicted molar refractivity (Wildman–Crippen MR) is 51.1 cm³/mol. The normalized spacial score (nSPS) is 12.2. The second-order valence-electron chi connectivity index (χ2n) is 3.20. The number of furan rings is 1. The molecule has 1 atom stereocenters. The summed E-state index contributed by atoms with van der Waals surface area (Å²) in [5.41, 5.74) is 0.470. The minimum Gasteiger partial charge on any atom is -0.469 e. The molecule has 0 radical (unpaired) electrons. The van der Waals surface area contributed by atoms with E-state index in [0.717, 1.165) is 0 Å². The Kier molecular flexibility index (Phi) is 3.06. The number of Topliss-reactive ketones (excluding diaryl/α,β-unsaturated/α-hetero) is 1. The standard InChI is InChI=1S/C10H13NO3/c1-6(7(2)12)11-10(13)9-4-5-14-8(9)3/h4-6H,1-3H3,(H,11,13). The highest BCUT2D eigenvalue weighted by Gasteiger charge is 2.15. The second kappa shape index (κ2) is 4.09. The van der Waals surface area contributed by atoms with E-state index in [1.54, 1.807) is 19.9 Å². The summed E-state index contributed by atoms with van der Waals surface area (Å²) in [6.07, 6.45) is 1.45. The topological polar surface area (TPSA) is 59.3 Å². The maximum Gasteiger partial charge on any atom is 0.255 e. The third-order valence-electron chi connectivity index (χ3n) is 2.06. The van der Waals surface area contributed by atoms with Crippen LogP contribution in [-0.4, -0.2) is 17.7 Å². The van der Waals surface area contributed by atoms with Crippen LogP contribution in [0.15, 0.2) is 16.7 Å². The lowest BCUT2D eigenvalue weighted by molar-refractivity contribution is -0.118. The molecule has 0 bridgehead atoms. The van der Waals surface area contributed by atoms with Crippen LogP contribution in [0.1, 0.15) is 30.0 Å². The van der Waals surface area contributed by atoms with Gasteiger partial charge in [-0.15, -0.1) is 0 Å². The number of carbonyl (C=O) groups excluding carboxylic acids is 2. The number of rotatable bonds is 3. The summed E-state index contributed by atoms with van der Waals surface area (Å²) < 4.78 is 4.98. The molecule has 0 aliphatic rings. The third kappa shape index (κ3) is 2.22. The molecule has 0 spiro atoms. The second-order valence-corrected chi connectivity index (χ2v) is 3.20. The van der Waals surface area contributed by atoms with Crippen molar-refractivity contribution < 1.29 is 14.0 Å². The van der Waals surface area contributed by atoms with Crippen LogP contribution in [0.2, 0.25) is 0 Å². The van der Waals surface area contributed by atoms with E-state index in [-0.39, 0.29) is 11.7 Å². The molecule has 4 nitrogen and oxygen atoms in total. The van der Waals surface area contributed by atoms with Gasteiger partial charge in [0, 0.05) is 0 Å². The first-order valence-corrected chi connectivity index (χ1v) is 4.37. The zero-order valence-corrected chi connectivity index (χ0v) is 8.46. The molecule has 0 saturated heterocycles. The van der Waals surface area contributed by atoms with Crippen molar-refractivity contribution in [3.05, 3.63) is 23.7 Å². The van der Waals surface area contributed by atoms with Crippen molar-refractivity contribution >= 4 is 11.7 Å².